The van der Waals surface area contributed by atoms with Gasteiger partial charge in [-0.05, 0) is 31.2 Å². The zero-order valence-corrected chi connectivity index (χ0v) is 12.5. The summed E-state index contributed by atoms with van der Waals surface area (Å²) in [5, 5.41) is 12.1. The highest BCUT2D eigenvalue weighted by molar-refractivity contribution is 7.99. The molecule has 0 saturated carbocycles. The van der Waals surface area contributed by atoms with Crippen LogP contribution in [0.2, 0.25) is 0 Å². The van der Waals surface area contributed by atoms with Crippen molar-refractivity contribution in [2.45, 2.75) is 16.9 Å². The standard InChI is InChI=1S/C16H14N2O2S/c1-11-3-6-14(7-4-11)21-15-8-5-13(20-15)9-12(10-17)16(19)18-2/h3-9H,1-2H3,(H,18,19). The number of aryl methyl sites for hydroxylation is 1. The van der Waals surface area contributed by atoms with Crippen LogP contribution in [0, 0.1) is 18.3 Å². The normalized spacial score (nSPS) is 11.0. The number of amides is 1. The molecule has 0 fully saturated rings. The second-order valence-corrected chi connectivity index (χ2v) is 5.40. The van der Waals surface area contributed by atoms with Gasteiger partial charge < -0.3 is 9.73 Å². The molecule has 0 saturated heterocycles. The van der Waals surface area contributed by atoms with Crippen molar-refractivity contribution in [2.24, 2.45) is 0 Å². The van der Waals surface area contributed by atoms with Gasteiger partial charge in [0.2, 0.25) is 0 Å². The smallest absolute Gasteiger partial charge is 0.261 e. The molecule has 0 unspecified atom stereocenters. The lowest BCUT2D eigenvalue weighted by atomic mass is 10.2. The van der Waals surface area contributed by atoms with Gasteiger partial charge >= 0.3 is 0 Å². The largest absolute Gasteiger partial charge is 0.450 e. The lowest BCUT2D eigenvalue weighted by Gasteiger charge is -1.98. The lowest BCUT2D eigenvalue weighted by molar-refractivity contribution is -0.116. The minimum Gasteiger partial charge on any atom is -0.450 e. The molecule has 1 aromatic heterocycles. The van der Waals surface area contributed by atoms with Crippen LogP contribution in [-0.2, 0) is 4.79 Å². The number of likely N-dealkylation sites (N-methyl/N-ethyl adjacent to an activating group) is 1. The Kier molecular flexibility index (Phi) is 4.85. The van der Waals surface area contributed by atoms with Gasteiger partial charge in [0.1, 0.15) is 17.4 Å². The predicted octanol–water partition coefficient (Wildman–Crippen LogP) is 3.39. The second kappa shape index (κ2) is 6.82. The molecule has 0 aliphatic heterocycles. The Bertz CT molecular complexity index is 709. The van der Waals surface area contributed by atoms with Gasteiger partial charge in [-0.25, -0.2) is 0 Å². The molecule has 1 aromatic carbocycles. The highest BCUT2D eigenvalue weighted by Gasteiger charge is 2.09. The van der Waals surface area contributed by atoms with E-state index in [1.165, 1.54) is 30.4 Å². The van der Waals surface area contributed by atoms with E-state index < -0.39 is 5.91 Å². The number of hydrogen-bond donors (Lipinski definition) is 1. The molecule has 1 N–H and O–H groups in total. The molecule has 2 aromatic rings. The van der Waals surface area contributed by atoms with Crippen LogP contribution in [0.4, 0.5) is 0 Å². The molecule has 5 heteroatoms. The summed E-state index contributed by atoms with van der Waals surface area (Å²) < 4.78 is 5.60. The minimum atomic E-state index is -0.429. The summed E-state index contributed by atoms with van der Waals surface area (Å²) in [7, 11) is 1.48. The Labute approximate surface area is 127 Å². The monoisotopic (exact) mass is 298 g/mol. The molecule has 0 bridgehead atoms. The Morgan fingerprint density at radius 1 is 1.29 bits per heavy atom. The molecule has 21 heavy (non-hydrogen) atoms. The Hall–Kier alpha value is -2.45. The SMILES string of the molecule is CNC(=O)C(C#N)=Cc1ccc(Sc2ccc(C)cc2)o1. The molecule has 0 aliphatic rings. The average Bonchev–Trinajstić information content (AvgIpc) is 2.93. The molecule has 2 rings (SSSR count). The van der Waals surface area contributed by atoms with Crippen LogP contribution in [0.3, 0.4) is 0 Å². The Morgan fingerprint density at radius 2 is 2.00 bits per heavy atom. The second-order valence-electron chi connectivity index (χ2n) is 4.32. The van der Waals surface area contributed by atoms with Crippen LogP contribution in [0.5, 0.6) is 0 Å². The molecular formula is C16H14N2O2S. The maximum absolute atomic E-state index is 11.4. The van der Waals surface area contributed by atoms with Crippen LogP contribution < -0.4 is 5.32 Å². The zero-order chi connectivity index (χ0) is 15.2. The molecule has 4 nitrogen and oxygen atoms in total. The van der Waals surface area contributed by atoms with Gasteiger partial charge in [0.25, 0.3) is 5.91 Å². The number of carbonyl (C=O) groups excluding carboxylic acids is 1. The third kappa shape index (κ3) is 4.01. The summed E-state index contributed by atoms with van der Waals surface area (Å²) in [6.45, 7) is 2.03. The van der Waals surface area contributed by atoms with E-state index in [0.29, 0.717) is 10.9 Å². The molecule has 0 aliphatic carbocycles. The Morgan fingerprint density at radius 3 is 2.62 bits per heavy atom. The first kappa shape index (κ1) is 14.9. The number of furan rings is 1. The Balaban J connectivity index is 2.15. The quantitative estimate of drug-likeness (QED) is 0.694. The highest BCUT2D eigenvalue weighted by atomic mass is 32.2. The maximum atomic E-state index is 11.4. The number of rotatable bonds is 4. The van der Waals surface area contributed by atoms with Gasteiger partial charge in [-0.3, -0.25) is 4.79 Å². The van der Waals surface area contributed by atoms with E-state index >= 15 is 0 Å². The van der Waals surface area contributed by atoms with Crippen molar-refractivity contribution in [1.82, 2.24) is 5.32 Å². The summed E-state index contributed by atoms with van der Waals surface area (Å²) in [5.41, 5.74) is 1.21. The average molecular weight is 298 g/mol. The number of hydrogen-bond acceptors (Lipinski definition) is 4. The van der Waals surface area contributed by atoms with Crippen molar-refractivity contribution in [2.75, 3.05) is 7.05 Å². The fraction of sp³-hybridized carbons (Fsp3) is 0.125. The van der Waals surface area contributed by atoms with E-state index in [9.17, 15) is 4.79 Å². The van der Waals surface area contributed by atoms with Gasteiger partial charge in [-0.15, -0.1) is 0 Å². The van der Waals surface area contributed by atoms with Gasteiger partial charge in [-0.1, -0.05) is 29.5 Å². The van der Waals surface area contributed by atoms with E-state index in [2.05, 4.69) is 5.32 Å². The molecular weight excluding hydrogens is 284 g/mol. The summed E-state index contributed by atoms with van der Waals surface area (Å²) in [5.74, 6) is 0.0476. The van der Waals surface area contributed by atoms with Crippen LogP contribution in [-0.4, -0.2) is 13.0 Å². The third-order valence-electron chi connectivity index (χ3n) is 2.72. The number of carbonyl (C=O) groups is 1. The van der Waals surface area contributed by atoms with Gasteiger partial charge in [0.15, 0.2) is 5.09 Å². The number of nitrogens with one attached hydrogen (secondary N) is 1. The molecule has 1 heterocycles. The van der Waals surface area contributed by atoms with Crippen molar-refractivity contribution >= 4 is 23.7 Å². The van der Waals surface area contributed by atoms with Crippen molar-refractivity contribution < 1.29 is 9.21 Å². The van der Waals surface area contributed by atoms with Crippen molar-refractivity contribution in [3.05, 3.63) is 53.3 Å². The van der Waals surface area contributed by atoms with E-state index in [1.54, 1.807) is 6.07 Å². The highest BCUT2D eigenvalue weighted by Crippen LogP contribution is 2.29. The van der Waals surface area contributed by atoms with Crippen LogP contribution in [0.1, 0.15) is 11.3 Å². The lowest BCUT2D eigenvalue weighted by Crippen LogP contribution is -2.18. The number of nitrogens with zero attached hydrogens (tertiary/aromatic N) is 1. The first-order valence-electron chi connectivity index (χ1n) is 6.30. The van der Waals surface area contributed by atoms with E-state index in [1.807, 2.05) is 43.3 Å². The fourth-order valence-corrected chi connectivity index (χ4v) is 2.39. The summed E-state index contributed by atoms with van der Waals surface area (Å²) in [6.07, 6.45) is 1.43. The van der Waals surface area contributed by atoms with Crippen LogP contribution in [0.15, 0.2) is 56.4 Å². The molecule has 0 atom stereocenters. The first-order chi connectivity index (χ1) is 10.1. The summed E-state index contributed by atoms with van der Waals surface area (Å²) in [6, 6.07) is 13.5. The molecule has 0 spiro atoms. The maximum Gasteiger partial charge on any atom is 0.261 e. The number of nitriles is 1. The topological polar surface area (TPSA) is 66.0 Å². The predicted molar refractivity (Wildman–Crippen MR) is 81.7 cm³/mol. The van der Waals surface area contributed by atoms with E-state index in [0.717, 1.165) is 4.90 Å². The van der Waals surface area contributed by atoms with Crippen molar-refractivity contribution in [3.8, 4) is 6.07 Å². The van der Waals surface area contributed by atoms with Gasteiger partial charge in [0.05, 0.1) is 0 Å². The van der Waals surface area contributed by atoms with Gasteiger partial charge in [0, 0.05) is 18.0 Å². The summed E-state index contributed by atoms with van der Waals surface area (Å²) in [4.78, 5) is 12.5. The molecule has 1 amide bonds. The summed E-state index contributed by atoms with van der Waals surface area (Å²) >= 11 is 1.49. The number of benzene rings is 1. The minimum absolute atomic E-state index is 0.0127. The van der Waals surface area contributed by atoms with E-state index in [-0.39, 0.29) is 5.57 Å². The first-order valence-corrected chi connectivity index (χ1v) is 7.12. The van der Waals surface area contributed by atoms with Crippen LogP contribution in [0.25, 0.3) is 6.08 Å². The van der Waals surface area contributed by atoms with Crippen LogP contribution >= 0.6 is 11.8 Å². The molecule has 0 radical (unpaired) electrons. The van der Waals surface area contributed by atoms with Crippen molar-refractivity contribution in [3.63, 3.8) is 0 Å². The van der Waals surface area contributed by atoms with E-state index in [4.69, 9.17) is 9.68 Å². The molecule has 106 valence electrons. The third-order valence-corrected chi connectivity index (χ3v) is 3.65. The van der Waals surface area contributed by atoms with Crippen molar-refractivity contribution in [1.29, 1.82) is 5.26 Å². The van der Waals surface area contributed by atoms with Gasteiger partial charge in [-0.2, -0.15) is 5.26 Å². The fourth-order valence-electron chi connectivity index (χ4n) is 1.61. The zero-order valence-electron chi connectivity index (χ0n) is 11.7.